The van der Waals surface area contributed by atoms with Gasteiger partial charge in [0.15, 0.2) is 11.5 Å². The van der Waals surface area contributed by atoms with Crippen molar-refractivity contribution in [3.05, 3.63) is 23.8 Å². The van der Waals surface area contributed by atoms with Crippen LogP contribution in [-0.2, 0) is 11.3 Å². The fourth-order valence-electron chi connectivity index (χ4n) is 1.71. The second kappa shape index (κ2) is 4.43. The van der Waals surface area contributed by atoms with Crippen LogP contribution < -0.4 is 9.47 Å². The average molecular weight is 221 g/mol. The Morgan fingerprint density at radius 1 is 1.38 bits per heavy atom. The summed E-state index contributed by atoms with van der Waals surface area (Å²) in [5.74, 6) is 1.62. The number of amides is 1. The van der Waals surface area contributed by atoms with Crippen LogP contribution in [0, 0.1) is 0 Å². The number of nitrogens with zero attached hydrogens (tertiary/aromatic N) is 1. The molecular formula is C12H15NO3. The van der Waals surface area contributed by atoms with Crippen LogP contribution in [0.4, 0.5) is 0 Å². The van der Waals surface area contributed by atoms with E-state index in [1.54, 1.807) is 11.8 Å². The molecule has 1 aromatic rings. The quantitative estimate of drug-likeness (QED) is 0.781. The zero-order valence-corrected chi connectivity index (χ0v) is 9.53. The maximum absolute atomic E-state index is 11.3. The molecule has 86 valence electrons. The molecule has 1 aliphatic heterocycles. The van der Waals surface area contributed by atoms with Gasteiger partial charge in [-0.15, -0.1) is 0 Å². The van der Waals surface area contributed by atoms with Crippen molar-refractivity contribution in [3.8, 4) is 11.5 Å². The van der Waals surface area contributed by atoms with Gasteiger partial charge in [-0.25, -0.2) is 0 Å². The number of ether oxygens (including phenoxy) is 2. The van der Waals surface area contributed by atoms with E-state index in [2.05, 4.69) is 0 Å². The smallest absolute Gasteiger partial charge is 0.231 e. The van der Waals surface area contributed by atoms with Gasteiger partial charge < -0.3 is 14.4 Å². The molecule has 1 aliphatic rings. The zero-order chi connectivity index (χ0) is 11.5. The van der Waals surface area contributed by atoms with Crippen molar-refractivity contribution < 1.29 is 14.3 Å². The Morgan fingerprint density at radius 2 is 2.12 bits per heavy atom. The average Bonchev–Trinajstić information content (AvgIpc) is 2.72. The molecule has 0 fully saturated rings. The van der Waals surface area contributed by atoms with Crippen LogP contribution in [0.1, 0.15) is 19.4 Å². The molecule has 4 heteroatoms. The zero-order valence-electron chi connectivity index (χ0n) is 9.53. The van der Waals surface area contributed by atoms with Crippen molar-refractivity contribution in [1.82, 2.24) is 4.90 Å². The van der Waals surface area contributed by atoms with Gasteiger partial charge in [0.2, 0.25) is 12.7 Å². The minimum Gasteiger partial charge on any atom is -0.454 e. The van der Waals surface area contributed by atoms with E-state index in [9.17, 15) is 4.79 Å². The molecule has 0 saturated carbocycles. The highest BCUT2D eigenvalue weighted by atomic mass is 16.7. The molecular weight excluding hydrogens is 206 g/mol. The number of benzene rings is 1. The van der Waals surface area contributed by atoms with Crippen LogP contribution in [0.25, 0.3) is 0 Å². The highest BCUT2D eigenvalue weighted by Gasteiger charge is 2.14. The summed E-state index contributed by atoms with van der Waals surface area (Å²) in [6.07, 6.45) is 0. The van der Waals surface area contributed by atoms with Gasteiger partial charge in [0.05, 0.1) is 0 Å². The largest absolute Gasteiger partial charge is 0.454 e. The van der Waals surface area contributed by atoms with Gasteiger partial charge in [-0.1, -0.05) is 6.07 Å². The normalized spacial score (nSPS) is 12.6. The lowest BCUT2D eigenvalue weighted by atomic mass is 10.2. The SMILES string of the molecule is CCN(Cc1ccc2c(c1)OCO2)C(C)=O. The van der Waals surface area contributed by atoms with Crippen molar-refractivity contribution in [2.45, 2.75) is 20.4 Å². The van der Waals surface area contributed by atoms with E-state index >= 15 is 0 Å². The van der Waals surface area contributed by atoms with Gasteiger partial charge >= 0.3 is 0 Å². The molecule has 0 N–H and O–H groups in total. The Bertz CT molecular complexity index is 403. The summed E-state index contributed by atoms with van der Waals surface area (Å²) in [5, 5.41) is 0. The lowest BCUT2D eigenvalue weighted by Crippen LogP contribution is -2.27. The molecule has 4 nitrogen and oxygen atoms in total. The van der Waals surface area contributed by atoms with E-state index in [-0.39, 0.29) is 12.7 Å². The van der Waals surface area contributed by atoms with Crippen LogP contribution in [-0.4, -0.2) is 24.1 Å². The first kappa shape index (κ1) is 10.8. The van der Waals surface area contributed by atoms with Gasteiger partial charge in [-0.3, -0.25) is 4.79 Å². The first-order valence-corrected chi connectivity index (χ1v) is 5.34. The third-order valence-corrected chi connectivity index (χ3v) is 2.64. The van der Waals surface area contributed by atoms with Crippen molar-refractivity contribution >= 4 is 5.91 Å². The van der Waals surface area contributed by atoms with Crippen molar-refractivity contribution in [1.29, 1.82) is 0 Å². The van der Waals surface area contributed by atoms with Crippen molar-refractivity contribution in [3.63, 3.8) is 0 Å². The Morgan fingerprint density at radius 3 is 2.81 bits per heavy atom. The molecule has 1 aromatic carbocycles. The summed E-state index contributed by atoms with van der Waals surface area (Å²) in [6, 6.07) is 5.76. The van der Waals surface area contributed by atoms with Crippen LogP contribution in [0.15, 0.2) is 18.2 Å². The molecule has 2 rings (SSSR count). The molecule has 0 bridgehead atoms. The summed E-state index contributed by atoms with van der Waals surface area (Å²) in [5.41, 5.74) is 1.06. The molecule has 1 amide bonds. The van der Waals surface area contributed by atoms with Gasteiger partial charge in [0.25, 0.3) is 0 Å². The molecule has 0 atom stereocenters. The lowest BCUT2D eigenvalue weighted by Gasteiger charge is -2.18. The van der Waals surface area contributed by atoms with Crippen LogP contribution in [0.5, 0.6) is 11.5 Å². The van der Waals surface area contributed by atoms with E-state index in [0.29, 0.717) is 13.1 Å². The Balaban J connectivity index is 2.13. The summed E-state index contributed by atoms with van der Waals surface area (Å²) >= 11 is 0. The maximum atomic E-state index is 11.3. The monoisotopic (exact) mass is 221 g/mol. The molecule has 0 aliphatic carbocycles. The minimum absolute atomic E-state index is 0.0835. The second-order valence-corrected chi connectivity index (χ2v) is 3.72. The highest BCUT2D eigenvalue weighted by Crippen LogP contribution is 2.32. The molecule has 0 unspecified atom stereocenters. The maximum Gasteiger partial charge on any atom is 0.231 e. The number of fused-ring (bicyclic) bond motifs is 1. The summed E-state index contributed by atoms with van der Waals surface area (Å²) in [6.45, 7) is 5.15. The van der Waals surface area contributed by atoms with Gasteiger partial charge in [-0.05, 0) is 24.6 Å². The van der Waals surface area contributed by atoms with E-state index < -0.39 is 0 Å². The first-order valence-electron chi connectivity index (χ1n) is 5.34. The highest BCUT2D eigenvalue weighted by molar-refractivity contribution is 5.73. The first-order chi connectivity index (χ1) is 7.70. The van der Waals surface area contributed by atoms with Gasteiger partial charge in [0.1, 0.15) is 0 Å². The van der Waals surface area contributed by atoms with E-state index in [1.165, 1.54) is 0 Å². The third-order valence-electron chi connectivity index (χ3n) is 2.64. The minimum atomic E-state index is 0.0835. The number of rotatable bonds is 3. The Labute approximate surface area is 94.8 Å². The summed E-state index contributed by atoms with van der Waals surface area (Å²) in [4.78, 5) is 13.1. The van der Waals surface area contributed by atoms with Crippen molar-refractivity contribution in [2.75, 3.05) is 13.3 Å². The Kier molecular flexibility index (Phi) is 2.99. The molecule has 1 heterocycles. The number of hydrogen-bond acceptors (Lipinski definition) is 3. The van der Waals surface area contributed by atoms with E-state index in [0.717, 1.165) is 17.1 Å². The predicted molar refractivity (Wildman–Crippen MR) is 59.3 cm³/mol. The molecule has 16 heavy (non-hydrogen) atoms. The van der Waals surface area contributed by atoms with E-state index in [1.807, 2.05) is 25.1 Å². The Hall–Kier alpha value is -1.71. The standard InChI is InChI=1S/C12H15NO3/c1-3-13(9(2)14)7-10-4-5-11-12(6-10)16-8-15-11/h4-6H,3,7-8H2,1-2H3. The molecule has 0 saturated heterocycles. The van der Waals surface area contributed by atoms with Crippen LogP contribution >= 0.6 is 0 Å². The van der Waals surface area contributed by atoms with Crippen LogP contribution in [0.3, 0.4) is 0 Å². The van der Waals surface area contributed by atoms with Crippen LogP contribution in [0.2, 0.25) is 0 Å². The lowest BCUT2D eigenvalue weighted by molar-refractivity contribution is -0.129. The molecule has 0 aromatic heterocycles. The second-order valence-electron chi connectivity index (χ2n) is 3.72. The van der Waals surface area contributed by atoms with Gasteiger partial charge in [0, 0.05) is 20.0 Å². The van der Waals surface area contributed by atoms with Crippen molar-refractivity contribution in [2.24, 2.45) is 0 Å². The third kappa shape index (κ3) is 2.10. The fraction of sp³-hybridized carbons (Fsp3) is 0.417. The van der Waals surface area contributed by atoms with E-state index in [4.69, 9.17) is 9.47 Å². The number of hydrogen-bond donors (Lipinski definition) is 0. The number of carbonyl (C=O) groups excluding carboxylic acids is 1. The topological polar surface area (TPSA) is 38.8 Å². The fourth-order valence-corrected chi connectivity index (χ4v) is 1.71. The predicted octanol–water partition coefficient (Wildman–Crippen LogP) is 1.78. The summed E-state index contributed by atoms with van der Waals surface area (Å²) in [7, 11) is 0. The van der Waals surface area contributed by atoms with Gasteiger partial charge in [-0.2, -0.15) is 0 Å². The summed E-state index contributed by atoms with van der Waals surface area (Å²) < 4.78 is 10.5. The number of carbonyl (C=O) groups is 1. The molecule has 0 radical (unpaired) electrons. The molecule has 0 spiro atoms.